The molecule has 3 atom stereocenters. The van der Waals surface area contributed by atoms with Crippen molar-refractivity contribution in [3.05, 3.63) is 66.5 Å². The Bertz CT molecular complexity index is 1000. The highest BCUT2D eigenvalue weighted by atomic mass is 16.4. The average Bonchev–Trinajstić information content (AvgIpc) is 3.29. The lowest BCUT2D eigenvalue weighted by Crippen LogP contribution is -2.44. The van der Waals surface area contributed by atoms with Crippen LogP contribution in [0.3, 0.4) is 0 Å². The van der Waals surface area contributed by atoms with Crippen LogP contribution < -0.4 is 5.32 Å². The van der Waals surface area contributed by atoms with E-state index in [1.807, 2.05) is 42.7 Å². The van der Waals surface area contributed by atoms with Crippen molar-refractivity contribution in [2.24, 2.45) is 0 Å². The van der Waals surface area contributed by atoms with E-state index in [0.29, 0.717) is 18.1 Å². The number of hydrogen-bond donors (Lipinski definition) is 2. The molecule has 0 saturated carbocycles. The van der Waals surface area contributed by atoms with E-state index in [0.717, 1.165) is 36.9 Å². The normalized spacial score (nSPS) is 24.7. The molecule has 2 N–H and O–H groups in total. The van der Waals surface area contributed by atoms with Gasteiger partial charge in [0, 0.05) is 24.7 Å². The van der Waals surface area contributed by atoms with Crippen LogP contribution in [0.4, 0.5) is 4.79 Å². The number of benzene rings is 2. The highest BCUT2D eigenvalue weighted by molar-refractivity contribution is 5.75. The maximum Gasteiger partial charge on any atom is 0.405 e. The van der Waals surface area contributed by atoms with E-state index in [1.165, 1.54) is 18.4 Å². The van der Waals surface area contributed by atoms with Gasteiger partial charge in [0.1, 0.15) is 0 Å². The number of rotatable bonds is 6. The fourth-order valence-electron chi connectivity index (χ4n) is 5.54. The molecule has 3 aromatic rings. The van der Waals surface area contributed by atoms with Crippen LogP contribution in [-0.4, -0.2) is 44.3 Å². The second-order valence-electron chi connectivity index (χ2n) is 8.59. The van der Waals surface area contributed by atoms with Crippen LogP contribution in [-0.2, 0) is 0 Å². The number of nitrogens with zero attached hydrogens (tertiary/aromatic N) is 3. The molecule has 156 valence electrons. The van der Waals surface area contributed by atoms with Gasteiger partial charge in [-0.3, -0.25) is 4.90 Å². The molecule has 5 rings (SSSR count). The van der Waals surface area contributed by atoms with Crippen molar-refractivity contribution >= 4 is 17.1 Å². The number of fused-ring (bicyclic) bond motifs is 3. The van der Waals surface area contributed by atoms with Gasteiger partial charge in [-0.05, 0) is 49.8 Å². The third-order valence-electron chi connectivity index (χ3n) is 6.91. The fourth-order valence-corrected chi connectivity index (χ4v) is 5.54. The molecule has 2 aliphatic heterocycles. The van der Waals surface area contributed by atoms with E-state index in [1.54, 1.807) is 0 Å². The zero-order valence-corrected chi connectivity index (χ0v) is 17.0. The maximum absolute atomic E-state index is 11.3. The Morgan fingerprint density at radius 1 is 1.03 bits per heavy atom. The number of nitrogens with one attached hydrogen (secondary N) is 1. The Labute approximate surface area is 176 Å². The Morgan fingerprint density at radius 2 is 1.73 bits per heavy atom. The molecule has 0 radical (unpaired) electrons. The number of aromatic nitrogens is 2. The maximum atomic E-state index is 11.3. The molecule has 1 amide bonds. The van der Waals surface area contributed by atoms with Gasteiger partial charge in [0.05, 0.1) is 23.4 Å². The van der Waals surface area contributed by atoms with Crippen LogP contribution in [0.1, 0.15) is 49.8 Å². The van der Waals surface area contributed by atoms with E-state index in [9.17, 15) is 9.90 Å². The number of carbonyl (C=O) groups is 1. The van der Waals surface area contributed by atoms with Crippen molar-refractivity contribution in [2.75, 3.05) is 6.54 Å². The number of imidazole rings is 1. The van der Waals surface area contributed by atoms with Crippen molar-refractivity contribution in [3.63, 3.8) is 0 Å². The SMILES string of the molecule is O=C(O)N[C@@H](CCN1C2CCC1CC(n1cnc3ccccc31)C2)c1ccccc1. The minimum Gasteiger partial charge on any atom is -0.465 e. The van der Waals surface area contributed by atoms with E-state index in [4.69, 9.17) is 0 Å². The first-order valence-electron chi connectivity index (χ1n) is 10.9. The Hall–Kier alpha value is -2.86. The van der Waals surface area contributed by atoms with Gasteiger partial charge in [-0.25, -0.2) is 9.78 Å². The zero-order chi connectivity index (χ0) is 20.5. The molecular formula is C24H28N4O2. The van der Waals surface area contributed by atoms with Crippen LogP contribution in [0.5, 0.6) is 0 Å². The number of hydrogen-bond acceptors (Lipinski definition) is 3. The minimum atomic E-state index is -0.961. The predicted molar refractivity (Wildman–Crippen MR) is 116 cm³/mol. The van der Waals surface area contributed by atoms with Crippen molar-refractivity contribution in [1.82, 2.24) is 19.8 Å². The average molecular weight is 405 g/mol. The molecule has 2 aromatic carbocycles. The summed E-state index contributed by atoms with van der Waals surface area (Å²) in [4.78, 5) is 18.5. The van der Waals surface area contributed by atoms with E-state index >= 15 is 0 Å². The molecule has 6 nitrogen and oxygen atoms in total. The van der Waals surface area contributed by atoms with E-state index < -0.39 is 6.09 Å². The zero-order valence-electron chi connectivity index (χ0n) is 17.0. The van der Waals surface area contributed by atoms with Gasteiger partial charge in [0.15, 0.2) is 0 Å². The smallest absolute Gasteiger partial charge is 0.405 e. The summed E-state index contributed by atoms with van der Waals surface area (Å²) in [5, 5.41) is 12.0. The molecule has 0 aliphatic carbocycles. The Morgan fingerprint density at radius 3 is 2.47 bits per heavy atom. The van der Waals surface area contributed by atoms with Gasteiger partial charge in [-0.1, -0.05) is 42.5 Å². The second kappa shape index (κ2) is 8.11. The van der Waals surface area contributed by atoms with Gasteiger partial charge in [-0.15, -0.1) is 0 Å². The molecule has 30 heavy (non-hydrogen) atoms. The summed E-state index contributed by atoms with van der Waals surface area (Å²) in [5.41, 5.74) is 3.33. The lowest BCUT2D eigenvalue weighted by molar-refractivity contribution is 0.103. The summed E-state index contributed by atoms with van der Waals surface area (Å²) in [6, 6.07) is 19.7. The first-order valence-corrected chi connectivity index (χ1v) is 10.9. The molecule has 6 heteroatoms. The summed E-state index contributed by atoms with van der Waals surface area (Å²) in [7, 11) is 0. The molecule has 1 aromatic heterocycles. The monoisotopic (exact) mass is 404 g/mol. The summed E-state index contributed by atoms with van der Waals surface area (Å²) < 4.78 is 2.37. The summed E-state index contributed by atoms with van der Waals surface area (Å²) >= 11 is 0. The van der Waals surface area contributed by atoms with Crippen LogP contribution in [0.25, 0.3) is 11.0 Å². The standard InChI is InChI=1S/C24H28N4O2/c29-24(30)26-21(17-6-2-1-3-7-17)12-13-27-18-10-11-19(27)15-20(14-18)28-16-25-22-8-4-5-9-23(22)28/h1-9,16,18-21,26H,10-15H2,(H,29,30)/t18?,19?,20?,21-/m0/s1. The third kappa shape index (κ3) is 3.67. The molecule has 2 aliphatic rings. The highest BCUT2D eigenvalue weighted by Gasteiger charge is 2.41. The van der Waals surface area contributed by atoms with Gasteiger partial charge < -0.3 is 15.0 Å². The van der Waals surface area contributed by atoms with Crippen molar-refractivity contribution in [1.29, 1.82) is 0 Å². The molecule has 2 unspecified atom stereocenters. The molecule has 2 saturated heterocycles. The molecule has 2 bridgehead atoms. The third-order valence-corrected chi connectivity index (χ3v) is 6.91. The van der Waals surface area contributed by atoms with Crippen molar-refractivity contribution in [2.45, 2.75) is 56.3 Å². The van der Waals surface area contributed by atoms with Gasteiger partial charge in [0.2, 0.25) is 0 Å². The number of amides is 1. The molecule has 2 fully saturated rings. The van der Waals surface area contributed by atoms with Crippen LogP contribution >= 0.6 is 0 Å². The minimum absolute atomic E-state index is 0.168. The largest absolute Gasteiger partial charge is 0.465 e. The summed E-state index contributed by atoms with van der Waals surface area (Å²) in [5.74, 6) is 0. The molecular weight excluding hydrogens is 376 g/mol. The van der Waals surface area contributed by atoms with Crippen LogP contribution in [0, 0.1) is 0 Å². The van der Waals surface area contributed by atoms with Gasteiger partial charge in [0.25, 0.3) is 0 Å². The highest BCUT2D eigenvalue weighted by Crippen LogP contribution is 2.42. The first kappa shape index (κ1) is 19.1. The predicted octanol–water partition coefficient (Wildman–Crippen LogP) is 4.60. The van der Waals surface area contributed by atoms with E-state index in [2.05, 4.69) is 38.0 Å². The molecule has 3 heterocycles. The Kier molecular flexibility index (Phi) is 5.17. The fraction of sp³-hybridized carbons (Fsp3) is 0.417. The van der Waals surface area contributed by atoms with Crippen LogP contribution in [0.15, 0.2) is 60.9 Å². The molecule has 0 spiro atoms. The lowest BCUT2D eigenvalue weighted by Gasteiger charge is -2.40. The first-order chi connectivity index (χ1) is 14.7. The number of carboxylic acid groups (broad SMARTS) is 1. The van der Waals surface area contributed by atoms with Crippen LogP contribution in [0.2, 0.25) is 0 Å². The van der Waals surface area contributed by atoms with Gasteiger partial charge >= 0.3 is 6.09 Å². The number of piperidine rings is 1. The second-order valence-corrected chi connectivity index (χ2v) is 8.59. The lowest BCUT2D eigenvalue weighted by atomic mass is 9.95. The summed E-state index contributed by atoms with van der Waals surface area (Å²) in [6.45, 7) is 0.923. The number of para-hydroxylation sites is 2. The van der Waals surface area contributed by atoms with E-state index in [-0.39, 0.29) is 6.04 Å². The van der Waals surface area contributed by atoms with Gasteiger partial charge in [-0.2, -0.15) is 0 Å². The van der Waals surface area contributed by atoms with Crippen molar-refractivity contribution in [3.8, 4) is 0 Å². The summed E-state index contributed by atoms with van der Waals surface area (Å²) in [6.07, 6.45) is 6.58. The quantitative estimate of drug-likeness (QED) is 0.630. The van der Waals surface area contributed by atoms with Crippen molar-refractivity contribution < 1.29 is 9.90 Å². The Balaban J connectivity index is 1.28. The topological polar surface area (TPSA) is 70.4 Å².